The normalized spacial score (nSPS) is 17.8. The van der Waals surface area contributed by atoms with Gasteiger partial charge in [-0.1, -0.05) is 12.1 Å². The van der Waals surface area contributed by atoms with E-state index in [2.05, 4.69) is 15.5 Å². The minimum absolute atomic E-state index is 0.0657. The van der Waals surface area contributed by atoms with Crippen molar-refractivity contribution in [1.82, 2.24) is 10.2 Å². The molecule has 29 heavy (non-hydrogen) atoms. The molecule has 4 rings (SSSR count). The van der Waals surface area contributed by atoms with Gasteiger partial charge in [0.05, 0.1) is 18.7 Å². The molecule has 152 valence electrons. The molecule has 2 amide bonds. The van der Waals surface area contributed by atoms with Gasteiger partial charge in [-0.3, -0.25) is 14.5 Å². The number of anilines is 1. The molecule has 0 aliphatic carbocycles. The number of piperidine rings is 1. The molecule has 7 nitrogen and oxygen atoms in total. The summed E-state index contributed by atoms with van der Waals surface area (Å²) in [5.41, 5.74) is 0.620. The quantitative estimate of drug-likeness (QED) is 0.814. The summed E-state index contributed by atoms with van der Waals surface area (Å²) < 4.78 is 11.5. The van der Waals surface area contributed by atoms with Crippen molar-refractivity contribution < 1.29 is 19.1 Å². The van der Waals surface area contributed by atoms with Gasteiger partial charge in [-0.2, -0.15) is 0 Å². The number of amides is 2. The Morgan fingerprint density at radius 1 is 1.17 bits per heavy atom. The number of para-hydroxylation sites is 1. The van der Waals surface area contributed by atoms with Crippen LogP contribution in [0.5, 0.6) is 11.5 Å². The molecule has 1 saturated heterocycles. The summed E-state index contributed by atoms with van der Waals surface area (Å²) in [6.45, 7) is 4.17. The Kier molecular flexibility index (Phi) is 5.40. The molecule has 2 N–H and O–H groups in total. The van der Waals surface area contributed by atoms with Crippen molar-refractivity contribution in [2.24, 2.45) is 0 Å². The van der Waals surface area contributed by atoms with Crippen LogP contribution in [0, 0.1) is 0 Å². The summed E-state index contributed by atoms with van der Waals surface area (Å²) >= 11 is 0. The fourth-order valence-corrected chi connectivity index (χ4v) is 3.76. The Morgan fingerprint density at radius 3 is 2.62 bits per heavy atom. The number of hydrogen-bond donors (Lipinski definition) is 2. The molecule has 1 spiro atoms. The summed E-state index contributed by atoms with van der Waals surface area (Å²) in [6, 6.07) is 14.6. The molecule has 2 aliphatic heterocycles. The number of ether oxygens (including phenoxy) is 2. The van der Waals surface area contributed by atoms with E-state index in [0.717, 1.165) is 11.4 Å². The topological polar surface area (TPSA) is 79.9 Å². The first-order valence-electron chi connectivity index (χ1n) is 9.92. The molecule has 0 unspecified atom stereocenters. The first kappa shape index (κ1) is 19.3. The second kappa shape index (κ2) is 8.13. The number of rotatable bonds is 5. The van der Waals surface area contributed by atoms with Crippen molar-refractivity contribution in [1.29, 1.82) is 0 Å². The molecular weight excluding hydrogens is 370 g/mol. The Labute approximate surface area is 170 Å². The molecule has 2 heterocycles. The number of likely N-dealkylation sites (tertiary alicyclic amines) is 1. The van der Waals surface area contributed by atoms with Crippen molar-refractivity contribution in [3.8, 4) is 11.5 Å². The van der Waals surface area contributed by atoms with Crippen molar-refractivity contribution in [2.75, 3.05) is 31.6 Å². The van der Waals surface area contributed by atoms with Gasteiger partial charge in [-0.15, -0.1) is 0 Å². The average molecular weight is 395 g/mol. The molecule has 0 bridgehead atoms. The van der Waals surface area contributed by atoms with Crippen molar-refractivity contribution >= 4 is 17.5 Å². The van der Waals surface area contributed by atoms with Gasteiger partial charge in [0, 0.05) is 31.6 Å². The van der Waals surface area contributed by atoms with Crippen LogP contribution in [-0.2, 0) is 4.79 Å². The van der Waals surface area contributed by atoms with E-state index in [4.69, 9.17) is 9.47 Å². The molecule has 2 aliphatic rings. The molecule has 2 aromatic rings. The fraction of sp³-hybridized carbons (Fsp3) is 0.364. The highest BCUT2D eigenvalue weighted by Crippen LogP contribution is 2.33. The zero-order chi connectivity index (χ0) is 20.3. The van der Waals surface area contributed by atoms with Crippen LogP contribution < -0.4 is 20.1 Å². The molecule has 0 aromatic heterocycles. The molecule has 0 radical (unpaired) electrons. The first-order chi connectivity index (χ1) is 14.1. The number of carbonyl (C=O) groups is 2. The Bertz CT molecular complexity index is 889. The number of nitrogens with zero attached hydrogens (tertiary/aromatic N) is 1. The van der Waals surface area contributed by atoms with Crippen LogP contribution in [0.2, 0.25) is 0 Å². The maximum Gasteiger partial charge on any atom is 0.258 e. The smallest absolute Gasteiger partial charge is 0.258 e. The summed E-state index contributed by atoms with van der Waals surface area (Å²) in [5.74, 6) is 1.23. The van der Waals surface area contributed by atoms with Crippen LogP contribution in [0.15, 0.2) is 48.5 Å². The first-order valence-corrected chi connectivity index (χ1v) is 9.92. The highest BCUT2D eigenvalue weighted by atomic mass is 16.5. The summed E-state index contributed by atoms with van der Waals surface area (Å²) in [5, 5.41) is 5.93. The highest BCUT2D eigenvalue weighted by molar-refractivity contribution is 5.98. The van der Waals surface area contributed by atoms with Gasteiger partial charge in [0.25, 0.3) is 5.91 Å². The van der Waals surface area contributed by atoms with Crippen LogP contribution in [-0.4, -0.2) is 48.7 Å². The van der Waals surface area contributed by atoms with Crippen molar-refractivity contribution in [2.45, 2.75) is 25.5 Å². The van der Waals surface area contributed by atoms with Gasteiger partial charge in [0.1, 0.15) is 11.5 Å². The van der Waals surface area contributed by atoms with Gasteiger partial charge in [0.15, 0.2) is 5.72 Å². The third kappa shape index (κ3) is 4.35. The molecule has 2 aromatic carbocycles. The zero-order valence-electron chi connectivity index (χ0n) is 16.4. The largest absolute Gasteiger partial charge is 0.494 e. The lowest BCUT2D eigenvalue weighted by atomic mass is 9.97. The monoisotopic (exact) mass is 395 g/mol. The number of hydrogen-bond acceptors (Lipinski definition) is 5. The van der Waals surface area contributed by atoms with E-state index >= 15 is 0 Å². The number of benzene rings is 2. The van der Waals surface area contributed by atoms with E-state index in [1.807, 2.05) is 49.4 Å². The van der Waals surface area contributed by atoms with E-state index in [1.165, 1.54) is 0 Å². The Morgan fingerprint density at radius 2 is 1.90 bits per heavy atom. The molecule has 0 saturated carbocycles. The lowest BCUT2D eigenvalue weighted by Gasteiger charge is -2.44. The Hall–Kier alpha value is -3.06. The zero-order valence-corrected chi connectivity index (χ0v) is 16.4. The van der Waals surface area contributed by atoms with Crippen molar-refractivity contribution in [3.63, 3.8) is 0 Å². The second-order valence-electron chi connectivity index (χ2n) is 7.33. The lowest BCUT2D eigenvalue weighted by Crippen LogP contribution is -2.61. The second-order valence-corrected chi connectivity index (χ2v) is 7.33. The SMILES string of the molecule is CCOc1ccc(NC(=O)CN2CCC3(CC2)NC(=O)c2ccccc2O3)cc1. The van der Waals surface area contributed by atoms with Gasteiger partial charge in [0.2, 0.25) is 5.91 Å². The van der Waals surface area contributed by atoms with Crippen LogP contribution in [0.3, 0.4) is 0 Å². The number of carbonyl (C=O) groups excluding carboxylic acids is 2. The van der Waals surface area contributed by atoms with Gasteiger partial charge >= 0.3 is 0 Å². The fourth-order valence-electron chi connectivity index (χ4n) is 3.76. The van der Waals surface area contributed by atoms with Gasteiger partial charge in [-0.05, 0) is 43.3 Å². The van der Waals surface area contributed by atoms with Crippen LogP contribution in [0.1, 0.15) is 30.1 Å². The standard InChI is InChI=1S/C22H25N3O4/c1-2-28-17-9-7-16(8-10-17)23-20(26)15-25-13-11-22(12-14-25)24-21(27)18-5-3-4-6-19(18)29-22/h3-10H,2,11-15H2,1H3,(H,23,26)(H,24,27). The van der Waals surface area contributed by atoms with Gasteiger partial charge < -0.3 is 20.1 Å². The van der Waals surface area contributed by atoms with Crippen LogP contribution >= 0.6 is 0 Å². The lowest BCUT2D eigenvalue weighted by molar-refractivity contribution is -0.118. The predicted octanol–water partition coefficient (Wildman–Crippen LogP) is 2.64. The number of fused-ring (bicyclic) bond motifs is 1. The minimum Gasteiger partial charge on any atom is -0.494 e. The summed E-state index contributed by atoms with van der Waals surface area (Å²) in [7, 11) is 0. The molecule has 7 heteroatoms. The van der Waals surface area contributed by atoms with E-state index < -0.39 is 5.72 Å². The summed E-state index contributed by atoms with van der Waals surface area (Å²) in [6.07, 6.45) is 1.26. The van der Waals surface area contributed by atoms with E-state index in [1.54, 1.807) is 6.07 Å². The maximum atomic E-state index is 12.4. The maximum absolute atomic E-state index is 12.4. The third-order valence-corrected chi connectivity index (χ3v) is 5.26. The number of nitrogens with one attached hydrogen (secondary N) is 2. The molecular formula is C22H25N3O4. The van der Waals surface area contributed by atoms with E-state index in [9.17, 15) is 9.59 Å². The van der Waals surface area contributed by atoms with E-state index in [-0.39, 0.29) is 11.8 Å². The van der Waals surface area contributed by atoms with Gasteiger partial charge in [-0.25, -0.2) is 0 Å². The van der Waals surface area contributed by atoms with E-state index in [0.29, 0.717) is 50.4 Å². The minimum atomic E-state index is -0.687. The van der Waals surface area contributed by atoms with Crippen molar-refractivity contribution in [3.05, 3.63) is 54.1 Å². The highest BCUT2D eigenvalue weighted by Gasteiger charge is 2.42. The van der Waals surface area contributed by atoms with Crippen LogP contribution in [0.25, 0.3) is 0 Å². The van der Waals surface area contributed by atoms with Crippen LogP contribution in [0.4, 0.5) is 5.69 Å². The average Bonchev–Trinajstić information content (AvgIpc) is 2.72. The summed E-state index contributed by atoms with van der Waals surface area (Å²) in [4.78, 5) is 26.9. The predicted molar refractivity (Wildman–Crippen MR) is 109 cm³/mol. The third-order valence-electron chi connectivity index (χ3n) is 5.26. The Balaban J connectivity index is 1.30. The molecule has 1 fully saturated rings. The molecule has 0 atom stereocenters.